The van der Waals surface area contributed by atoms with Gasteiger partial charge in [0.15, 0.2) is 0 Å². The van der Waals surface area contributed by atoms with Crippen LogP contribution in [0.3, 0.4) is 0 Å². The van der Waals surface area contributed by atoms with E-state index in [1.54, 1.807) is 6.92 Å². The van der Waals surface area contributed by atoms with Crippen LogP contribution in [0.4, 0.5) is 0 Å². The summed E-state index contributed by atoms with van der Waals surface area (Å²) >= 11 is 0. The monoisotopic (exact) mass is 394 g/mol. The molecular formula is C8H17NY3-4. The maximum atomic E-state index is 3.67. The van der Waals surface area contributed by atoms with E-state index in [1.807, 2.05) is 4.90 Å². The van der Waals surface area contributed by atoms with Crippen LogP contribution in [0.1, 0.15) is 6.92 Å². The second-order valence-corrected chi connectivity index (χ2v) is 1.34. The number of rotatable bonds is 3. The molecule has 0 unspecified atom stereocenters. The van der Waals surface area contributed by atoms with E-state index < -0.39 is 0 Å². The normalized spacial score (nSPS) is 6.50. The van der Waals surface area contributed by atoms with Gasteiger partial charge in [-0.2, -0.15) is 6.92 Å². The average molecular weight is 394 g/mol. The van der Waals surface area contributed by atoms with Gasteiger partial charge in [-0.1, -0.05) is 0 Å². The van der Waals surface area contributed by atoms with E-state index in [-0.39, 0.29) is 98.1 Å². The third kappa shape index (κ3) is 23.2. The van der Waals surface area contributed by atoms with Crippen LogP contribution in [0.25, 0.3) is 0 Å². The van der Waals surface area contributed by atoms with Gasteiger partial charge in [-0.25, -0.2) is 0 Å². The Morgan fingerprint density at radius 1 is 0.750 bits per heavy atom. The summed E-state index contributed by atoms with van der Waals surface area (Å²) in [5.41, 5.74) is 0. The minimum Gasteiger partial charge on any atom is -0.392 e. The number of hydrogen-bond donors (Lipinski definition) is 0. The van der Waals surface area contributed by atoms with Crippen LogP contribution in [-0.4, -0.2) is 24.5 Å². The van der Waals surface area contributed by atoms with Gasteiger partial charge in [0.2, 0.25) is 0 Å². The molecule has 0 atom stereocenters. The van der Waals surface area contributed by atoms with Crippen LogP contribution < -0.4 is 0 Å². The van der Waals surface area contributed by atoms with Crippen molar-refractivity contribution in [3.63, 3.8) is 0 Å². The van der Waals surface area contributed by atoms with Crippen molar-refractivity contribution in [1.29, 1.82) is 0 Å². The summed E-state index contributed by atoms with van der Waals surface area (Å²) in [6.07, 6.45) is 0. The second kappa shape index (κ2) is 29.2. The van der Waals surface area contributed by atoms with Gasteiger partial charge in [0.1, 0.15) is 0 Å². The molecule has 12 heavy (non-hydrogen) atoms. The first-order valence-corrected chi connectivity index (χ1v) is 3.16. The van der Waals surface area contributed by atoms with Crippen LogP contribution in [0, 0.1) is 27.7 Å². The second-order valence-electron chi connectivity index (χ2n) is 1.34. The Hall–Kier alpha value is 3.27. The summed E-state index contributed by atoms with van der Waals surface area (Å²) in [5, 5.41) is 0. The van der Waals surface area contributed by atoms with Crippen molar-refractivity contribution in [1.82, 2.24) is 4.90 Å². The quantitative estimate of drug-likeness (QED) is 0.659. The van der Waals surface area contributed by atoms with E-state index in [0.29, 0.717) is 0 Å². The molecule has 0 aliphatic heterocycles. The van der Waals surface area contributed by atoms with Crippen molar-refractivity contribution >= 4 is 0 Å². The van der Waals surface area contributed by atoms with Crippen molar-refractivity contribution in [2.75, 3.05) is 19.6 Å². The van der Waals surface area contributed by atoms with Crippen LogP contribution >= 0.6 is 0 Å². The van der Waals surface area contributed by atoms with Gasteiger partial charge in [-0.15, -0.1) is 19.6 Å². The van der Waals surface area contributed by atoms with E-state index in [1.165, 1.54) is 0 Å². The predicted octanol–water partition coefficient (Wildman–Crippen LogP) is 1.62. The van der Waals surface area contributed by atoms with E-state index in [0.717, 1.165) is 19.6 Å². The fourth-order valence-electron chi connectivity index (χ4n) is 0.335. The van der Waals surface area contributed by atoms with Gasteiger partial charge >= 0.3 is 0 Å². The Bertz CT molecular complexity index is 35.8. The van der Waals surface area contributed by atoms with Crippen LogP contribution in [0.5, 0.6) is 0 Å². The van der Waals surface area contributed by atoms with Gasteiger partial charge in [0.25, 0.3) is 0 Å². The molecule has 0 saturated heterocycles. The molecule has 1 nitrogen and oxygen atoms in total. The Kier molecular flexibility index (Phi) is 71.8. The Morgan fingerprint density at radius 2 is 0.917 bits per heavy atom. The molecule has 4 heteroatoms. The van der Waals surface area contributed by atoms with Crippen molar-refractivity contribution in [2.24, 2.45) is 0 Å². The minimum absolute atomic E-state index is 0. The summed E-state index contributed by atoms with van der Waals surface area (Å²) in [6, 6.07) is 0. The Balaban J connectivity index is -0.0000000303. The van der Waals surface area contributed by atoms with E-state index in [9.17, 15) is 0 Å². The summed E-state index contributed by atoms with van der Waals surface area (Å²) in [5.74, 6) is 0. The Labute approximate surface area is 154 Å². The zero-order chi connectivity index (χ0) is 7.70. The van der Waals surface area contributed by atoms with Crippen LogP contribution in [-0.2, 0) is 98.1 Å². The molecule has 0 aromatic rings. The summed E-state index contributed by atoms with van der Waals surface area (Å²) in [4.78, 5) is 2.04. The molecule has 0 saturated carbocycles. The summed E-state index contributed by atoms with van der Waals surface area (Å²) in [6.45, 7) is 18.5. The van der Waals surface area contributed by atoms with Crippen LogP contribution in [0.15, 0.2) is 0 Å². The Morgan fingerprint density at radius 3 is 0.917 bits per heavy atom. The molecule has 0 aromatic carbocycles. The minimum atomic E-state index is 0. The molecule has 0 bridgehead atoms. The maximum Gasteiger partial charge on any atom is 0 e. The first-order valence-electron chi connectivity index (χ1n) is 3.16. The fourth-order valence-corrected chi connectivity index (χ4v) is 0.335. The van der Waals surface area contributed by atoms with E-state index in [2.05, 4.69) is 27.7 Å². The molecule has 0 rings (SSSR count). The molecule has 3 radical (unpaired) electrons. The van der Waals surface area contributed by atoms with Gasteiger partial charge in [0, 0.05) is 98.1 Å². The van der Waals surface area contributed by atoms with Crippen molar-refractivity contribution in [3.8, 4) is 0 Å². The van der Waals surface area contributed by atoms with Gasteiger partial charge < -0.3 is 32.6 Å². The molecular weight excluding hydrogens is 377 g/mol. The zero-order valence-electron chi connectivity index (χ0n) is 8.13. The SMILES string of the molecule is [CH2-]C.[CH2-]CN(C[CH2-])C[CH2-].[Y].[Y].[Y]. The topological polar surface area (TPSA) is 3.24 Å². The molecule has 67 valence electrons. The smallest absolute Gasteiger partial charge is 0 e. The van der Waals surface area contributed by atoms with Gasteiger partial charge in [0.05, 0.1) is 0 Å². The van der Waals surface area contributed by atoms with Crippen LogP contribution in [0.2, 0.25) is 0 Å². The fraction of sp³-hybridized carbons (Fsp3) is 0.500. The number of nitrogens with zero attached hydrogens (tertiary/aromatic N) is 1. The standard InChI is InChI=1S/C6H12N.C2H5.3Y/c1-4-7(5-2)6-3;1-2;;;/h1-6H2;1H2,2H3;;;/q-3;-1;;;. The maximum absolute atomic E-state index is 3.67. The average Bonchev–Trinajstić information content (AvgIpc) is 1.96. The summed E-state index contributed by atoms with van der Waals surface area (Å²) < 4.78 is 0. The van der Waals surface area contributed by atoms with E-state index >= 15 is 0 Å². The van der Waals surface area contributed by atoms with E-state index in [4.69, 9.17) is 0 Å². The molecule has 0 spiro atoms. The van der Waals surface area contributed by atoms with Crippen molar-refractivity contribution in [2.45, 2.75) is 6.92 Å². The van der Waals surface area contributed by atoms with Gasteiger partial charge in [-0.05, 0) is 0 Å². The first kappa shape index (κ1) is 29.5. The number of hydrogen-bond acceptors (Lipinski definition) is 1. The molecule has 0 amide bonds. The van der Waals surface area contributed by atoms with Crippen molar-refractivity contribution in [3.05, 3.63) is 27.7 Å². The summed E-state index contributed by atoms with van der Waals surface area (Å²) in [7, 11) is 0. The molecule has 0 aliphatic rings. The molecule has 0 fully saturated rings. The molecule has 0 aromatic heterocycles. The zero-order valence-corrected chi connectivity index (χ0v) is 16.6. The largest absolute Gasteiger partial charge is 0.392 e. The van der Waals surface area contributed by atoms with Gasteiger partial charge in [-0.3, -0.25) is 0 Å². The molecule has 0 N–H and O–H groups in total. The predicted molar refractivity (Wildman–Crippen MR) is 43.5 cm³/mol. The third-order valence-electron chi connectivity index (χ3n) is 0.949. The third-order valence-corrected chi connectivity index (χ3v) is 0.949. The first-order chi connectivity index (χ1) is 4.35. The molecule has 0 heterocycles. The van der Waals surface area contributed by atoms with Crippen molar-refractivity contribution < 1.29 is 98.1 Å². The molecule has 0 aliphatic carbocycles.